The van der Waals surface area contributed by atoms with E-state index in [-0.39, 0.29) is 18.8 Å². The van der Waals surface area contributed by atoms with Gasteiger partial charge in [-0.3, -0.25) is 4.98 Å². The number of nitrogens with one attached hydrogen (secondary N) is 1. The molecule has 0 bridgehead atoms. The summed E-state index contributed by atoms with van der Waals surface area (Å²) in [6.07, 6.45) is 0. The highest BCUT2D eigenvalue weighted by atomic mass is 16.5. The van der Waals surface area contributed by atoms with Crippen LogP contribution in [0.15, 0.2) is 48.5 Å². The van der Waals surface area contributed by atoms with Gasteiger partial charge in [0.25, 0.3) is 0 Å². The van der Waals surface area contributed by atoms with E-state index >= 15 is 0 Å². The van der Waals surface area contributed by atoms with Crippen LogP contribution in [0.4, 0.5) is 0 Å². The van der Waals surface area contributed by atoms with Gasteiger partial charge in [-0.25, -0.2) is 4.79 Å². The van der Waals surface area contributed by atoms with E-state index < -0.39 is 5.97 Å². The molecule has 0 spiro atoms. The van der Waals surface area contributed by atoms with Gasteiger partial charge in [-0.2, -0.15) is 5.21 Å². The molecule has 2 N–H and O–H groups in total. The molecule has 0 radical (unpaired) electrons. The smallest absolute Gasteiger partial charge is 0.341 e. The molecule has 0 atom stereocenters. The number of ether oxygens (including phenoxy) is 2. The van der Waals surface area contributed by atoms with Crippen molar-refractivity contribution in [2.75, 3.05) is 7.11 Å². The Balaban J connectivity index is 1.59. The Hall–Kier alpha value is -4.11. The molecule has 0 amide bonds. The Morgan fingerprint density at radius 1 is 1.03 bits per heavy atom. The molecular weight excluding hydrogens is 422 g/mol. The lowest BCUT2D eigenvalue weighted by molar-refractivity contribution is 0.0684. The first-order valence-electron chi connectivity index (χ1n) is 10.3. The number of aryl methyl sites for hydroxylation is 1. The number of carboxylic acids is 1. The monoisotopic (exact) mass is 445 g/mol. The maximum Gasteiger partial charge on any atom is 0.341 e. The Morgan fingerprint density at radius 2 is 1.76 bits per heavy atom. The van der Waals surface area contributed by atoms with Crippen LogP contribution < -0.4 is 4.74 Å². The molecule has 2 heterocycles. The Labute approximate surface area is 190 Å². The second kappa shape index (κ2) is 9.58. The van der Waals surface area contributed by atoms with Crippen molar-refractivity contribution in [3.8, 4) is 28.3 Å². The first-order chi connectivity index (χ1) is 16.0. The van der Waals surface area contributed by atoms with E-state index in [0.717, 1.165) is 22.3 Å². The number of aromatic amines is 1. The van der Waals surface area contributed by atoms with Gasteiger partial charge in [0.2, 0.25) is 5.82 Å². The number of pyridine rings is 1. The third-order valence-corrected chi connectivity index (χ3v) is 5.36. The van der Waals surface area contributed by atoms with Crippen molar-refractivity contribution < 1.29 is 19.4 Å². The van der Waals surface area contributed by atoms with E-state index in [0.29, 0.717) is 28.5 Å². The van der Waals surface area contributed by atoms with Gasteiger partial charge in [-0.05, 0) is 35.8 Å². The molecule has 0 aliphatic carbocycles. The van der Waals surface area contributed by atoms with Crippen LogP contribution in [0, 0.1) is 13.8 Å². The van der Waals surface area contributed by atoms with Crippen molar-refractivity contribution >= 4 is 5.97 Å². The second-order valence-corrected chi connectivity index (χ2v) is 7.48. The van der Waals surface area contributed by atoms with Crippen LogP contribution in [0.5, 0.6) is 5.75 Å². The van der Waals surface area contributed by atoms with Gasteiger partial charge in [-0.1, -0.05) is 48.5 Å². The standard InChI is InChI=1S/C24H23N5O4/c1-14-15(2)25-20(13-32-3)21(24(30)31)22(14)33-12-16-8-10-17(11-9-16)18-6-4-5-7-19(18)23-26-28-29-27-23/h4-11H,12-13H2,1-3H3,(H,30,31)(H,26,27,28,29). The predicted octanol–water partition coefficient (Wildman–Crippen LogP) is 3.97. The van der Waals surface area contributed by atoms with Gasteiger partial charge in [0, 0.05) is 23.9 Å². The molecular formula is C24H23N5O4. The Kier molecular flexibility index (Phi) is 6.41. The second-order valence-electron chi connectivity index (χ2n) is 7.48. The molecule has 2 aromatic heterocycles. The summed E-state index contributed by atoms with van der Waals surface area (Å²) in [6, 6.07) is 15.7. The molecule has 0 saturated heterocycles. The molecule has 9 nitrogen and oxygen atoms in total. The number of hydrogen-bond acceptors (Lipinski definition) is 7. The fourth-order valence-electron chi connectivity index (χ4n) is 3.61. The van der Waals surface area contributed by atoms with Crippen LogP contribution >= 0.6 is 0 Å². The number of benzene rings is 2. The third-order valence-electron chi connectivity index (χ3n) is 5.36. The molecule has 0 saturated carbocycles. The molecule has 168 valence electrons. The zero-order valence-electron chi connectivity index (χ0n) is 18.5. The number of tetrazole rings is 1. The minimum atomic E-state index is -1.10. The maximum absolute atomic E-state index is 11.9. The number of nitrogens with zero attached hydrogens (tertiary/aromatic N) is 4. The number of aromatic nitrogens is 5. The zero-order valence-corrected chi connectivity index (χ0v) is 18.5. The van der Waals surface area contributed by atoms with Gasteiger partial charge in [0.1, 0.15) is 17.9 Å². The number of carboxylic acid groups (broad SMARTS) is 1. The number of carbonyl (C=O) groups is 1. The van der Waals surface area contributed by atoms with Gasteiger partial charge in [0.05, 0.1) is 12.3 Å². The molecule has 33 heavy (non-hydrogen) atoms. The molecule has 4 rings (SSSR count). The largest absolute Gasteiger partial charge is 0.488 e. The lowest BCUT2D eigenvalue weighted by Gasteiger charge is -2.17. The minimum absolute atomic E-state index is 0.0330. The van der Waals surface area contributed by atoms with E-state index in [9.17, 15) is 9.90 Å². The van der Waals surface area contributed by atoms with Crippen LogP contribution in [0.25, 0.3) is 22.5 Å². The molecule has 0 unspecified atom stereocenters. The summed E-state index contributed by atoms with van der Waals surface area (Å²) in [7, 11) is 1.50. The van der Waals surface area contributed by atoms with E-state index in [1.165, 1.54) is 7.11 Å². The van der Waals surface area contributed by atoms with Crippen LogP contribution in [0.1, 0.15) is 32.9 Å². The molecule has 9 heteroatoms. The lowest BCUT2D eigenvalue weighted by Crippen LogP contribution is -2.13. The maximum atomic E-state index is 11.9. The number of hydrogen-bond donors (Lipinski definition) is 2. The normalized spacial score (nSPS) is 10.9. The van der Waals surface area contributed by atoms with Crippen LogP contribution in [-0.4, -0.2) is 43.8 Å². The fraction of sp³-hybridized carbons (Fsp3) is 0.208. The summed E-state index contributed by atoms with van der Waals surface area (Å²) in [6.45, 7) is 3.93. The minimum Gasteiger partial charge on any atom is -0.488 e. The van der Waals surface area contributed by atoms with Crippen molar-refractivity contribution in [3.05, 3.63) is 76.6 Å². The SMILES string of the molecule is COCc1nc(C)c(C)c(OCc2ccc(-c3ccccc3-c3nn[nH]n3)cc2)c1C(=O)O. The summed E-state index contributed by atoms with van der Waals surface area (Å²) in [5.74, 6) is -0.260. The lowest BCUT2D eigenvalue weighted by atomic mass is 9.98. The summed E-state index contributed by atoms with van der Waals surface area (Å²) < 4.78 is 11.1. The van der Waals surface area contributed by atoms with Gasteiger partial charge < -0.3 is 14.6 Å². The van der Waals surface area contributed by atoms with Crippen molar-refractivity contribution in [2.24, 2.45) is 0 Å². The van der Waals surface area contributed by atoms with Gasteiger partial charge in [0.15, 0.2) is 0 Å². The van der Waals surface area contributed by atoms with Crippen LogP contribution in [-0.2, 0) is 18.0 Å². The van der Waals surface area contributed by atoms with Crippen molar-refractivity contribution in [1.29, 1.82) is 0 Å². The molecule has 0 aliphatic rings. The molecule has 0 aliphatic heterocycles. The average Bonchev–Trinajstić information content (AvgIpc) is 3.35. The molecule has 4 aromatic rings. The highest BCUT2D eigenvalue weighted by Crippen LogP contribution is 2.31. The van der Waals surface area contributed by atoms with E-state index in [1.807, 2.05) is 55.5 Å². The average molecular weight is 445 g/mol. The van der Waals surface area contributed by atoms with Crippen molar-refractivity contribution in [2.45, 2.75) is 27.1 Å². The van der Waals surface area contributed by atoms with Crippen LogP contribution in [0.2, 0.25) is 0 Å². The Bertz CT molecular complexity index is 1270. The molecule has 0 fully saturated rings. The summed E-state index contributed by atoms with van der Waals surface area (Å²) >= 11 is 0. The van der Waals surface area contributed by atoms with Gasteiger partial charge >= 0.3 is 5.97 Å². The molecule has 2 aromatic carbocycles. The predicted molar refractivity (Wildman–Crippen MR) is 121 cm³/mol. The first-order valence-corrected chi connectivity index (χ1v) is 10.3. The van der Waals surface area contributed by atoms with E-state index in [2.05, 4.69) is 25.6 Å². The highest BCUT2D eigenvalue weighted by Gasteiger charge is 2.22. The van der Waals surface area contributed by atoms with Gasteiger partial charge in [-0.15, -0.1) is 10.2 Å². The summed E-state index contributed by atoms with van der Waals surface area (Å²) in [4.78, 5) is 16.3. The van der Waals surface area contributed by atoms with Crippen molar-refractivity contribution in [1.82, 2.24) is 25.6 Å². The number of H-pyrrole nitrogens is 1. The number of aromatic carboxylic acids is 1. The quantitative estimate of drug-likeness (QED) is 0.418. The third kappa shape index (κ3) is 4.58. The zero-order chi connectivity index (χ0) is 23.4. The fourth-order valence-corrected chi connectivity index (χ4v) is 3.61. The summed E-state index contributed by atoms with van der Waals surface area (Å²) in [5, 5.41) is 24.0. The van der Waals surface area contributed by atoms with E-state index in [1.54, 1.807) is 6.92 Å². The topological polar surface area (TPSA) is 123 Å². The number of methoxy groups -OCH3 is 1. The Morgan fingerprint density at radius 3 is 2.39 bits per heavy atom. The number of rotatable bonds is 8. The first kappa shape index (κ1) is 22.1. The summed E-state index contributed by atoms with van der Waals surface area (Å²) in [5.41, 5.74) is 5.51. The highest BCUT2D eigenvalue weighted by molar-refractivity contribution is 5.92. The van der Waals surface area contributed by atoms with Crippen LogP contribution in [0.3, 0.4) is 0 Å². The van der Waals surface area contributed by atoms with E-state index in [4.69, 9.17) is 9.47 Å². The van der Waals surface area contributed by atoms with Crippen molar-refractivity contribution in [3.63, 3.8) is 0 Å².